The lowest BCUT2D eigenvalue weighted by Gasteiger charge is -2.26. The molecule has 25 heavy (non-hydrogen) atoms. The van der Waals surface area contributed by atoms with Gasteiger partial charge in [-0.25, -0.2) is 4.90 Å². The predicted octanol–water partition coefficient (Wildman–Crippen LogP) is 1.55. The van der Waals surface area contributed by atoms with Crippen LogP contribution in [-0.4, -0.2) is 39.7 Å². The van der Waals surface area contributed by atoms with Gasteiger partial charge in [-0.2, -0.15) is 0 Å². The number of ether oxygens (including phenoxy) is 1. The Labute approximate surface area is 150 Å². The molecule has 0 aromatic heterocycles. The molecule has 0 unspecified atom stereocenters. The van der Waals surface area contributed by atoms with Crippen molar-refractivity contribution in [2.75, 3.05) is 11.5 Å². The van der Waals surface area contributed by atoms with E-state index in [9.17, 15) is 24.8 Å². The van der Waals surface area contributed by atoms with Crippen LogP contribution in [0.15, 0.2) is 34.8 Å². The lowest BCUT2D eigenvalue weighted by molar-refractivity contribution is -0.384. The number of hydrogen-bond donors (Lipinski definition) is 1. The normalized spacial score (nSPS) is 35.6. The fourth-order valence-electron chi connectivity index (χ4n) is 4.11. The van der Waals surface area contributed by atoms with Crippen LogP contribution in [0.5, 0.6) is 0 Å². The van der Waals surface area contributed by atoms with Gasteiger partial charge in [-0.1, -0.05) is 28.1 Å². The Bertz CT molecular complexity index is 870. The quantitative estimate of drug-likeness (QED) is 0.351. The van der Waals surface area contributed by atoms with Gasteiger partial charge in [0.2, 0.25) is 11.8 Å². The summed E-state index contributed by atoms with van der Waals surface area (Å²) in [5.41, 5.74) is -2.70. The topological polar surface area (TPSA) is 110 Å². The van der Waals surface area contributed by atoms with Crippen molar-refractivity contribution in [3.8, 4) is 0 Å². The van der Waals surface area contributed by atoms with Crippen LogP contribution >= 0.6 is 15.9 Å². The Morgan fingerprint density at radius 3 is 2.64 bits per heavy atom. The number of rotatable bonds is 3. The van der Waals surface area contributed by atoms with Gasteiger partial charge in [-0.05, 0) is 19.1 Å². The van der Waals surface area contributed by atoms with E-state index in [-0.39, 0.29) is 11.4 Å². The highest BCUT2D eigenvalue weighted by Crippen LogP contribution is 2.58. The number of imide groups is 1. The van der Waals surface area contributed by atoms with E-state index in [0.717, 1.165) is 4.90 Å². The molecule has 8 nitrogen and oxygen atoms in total. The van der Waals surface area contributed by atoms with E-state index >= 15 is 0 Å². The van der Waals surface area contributed by atoms with Crippen molar-refractivity contribution in [2.24, 2.45) is 11.8 Å². The number of aliphatic hydroxyl groups excluding tert-OH is 1. The van der Waals surface area contributed by atoms with E-state index < -0.39 is 46.4 Å². The average Bonchev–Trinajstić information content (AvgIpc) is 3.14. The molecular weight excluding hydrogens is 396 g/mol. The van der Waals surface area contributed by atoms with Crippen LogP contribution < -0.4 is 4.90 Å². The second-order valence-electron chi connectivity index (χ2n) is 6.59. The summed E-state index contributed by atoms with van der Waals surface area (Å²) in [5.74, 6) is -2.87. The van der Waals surface area contributed by atoms with Crippen molar-refractivity contribution in [3.05, 3.63) is 44.9 Å². The summed E-state index contributed by atoms with van der Waals surface area (Å²) >= 11 is 3.15. The van der Waals surface area contributed by atoms with E-state index in [4.69, 9.17) is 4.74 Å². The summed E-state index contributed by atoms with van der Waals surface area (Å²) in [5, 5.41) is 21.1. The van der Waals surface area contributed by atoms with Crippen molar-refractivity contribution < 1.29 is 24.4 Å². The first kappa shape index (κ1) is 16.4. The average molecular weight is 409 g/mol. The van der Waals surface area contributed by atoms with Gasteiger partial charge in [0.05, 0.1) is 29.0 Å². The molecule has 4 atom stereocenters. The van der Waals surface area contributed by atoms with Gasteiger partial charge < -0.3 is 9.84 Å². The number of hydrogen-bond acceptors (Lipinski definition) is 6. The molecule has 0 aliphatic carbocycles. The fourth-order valence-corrected chi connectivity index (χ4v) is 4.46. The van der Waals surface area contributed by atoms with Crippen LogP contribution in [0.1, 0.15) is 6.92 Å². The second-order valence-corrected chi connectivity index (χ2v) is 7.51. The zero-order valence-corrected chi connectivity index (χ0v) is 14.6. The van der Waals surface area contributed by atoms with Crippen LogP contribution in [0.25, 0.3) is 0 Å². The minimum absolute atomic E-state index is 0.0753. The van der Waals surface area contributed by atoms with Crippen LogP contribution in [0.4, 0.5) is 11.4 Å². The number of fused-ring (bicyclic) bond motifs is 5. The number of nitro benzene ring substituents is 1. The molecule has 3 aliphatic heterocycles. The number of anilines is 1. The smallest absolute Gasteiger partial charge is 0.294 e. The van der Waals surface area contributed by atoms with Gasteiger partial charge in [0.15, 0.2) is 0 Å². The zero-order chi connectivity index (χ0) is 18.1. The number of halogens is 1. The molecule has 3 aliphatic rings. The first-order valence-electron chi connectivity index (χ1n) is 7.57. The summed E-state index contributed by atoms with van der Waals surface area (Å²) < 4.78 is 6.28. The first-order chi connectivity index (χ1) is 11.7. The Morgan fingerprint density at radius 2 is 2.00 bits per heavy atom. The Kier molecular flexibility index (Phi) is 3.25. The molecule has 2 amide bonds. The standard InChI is InChI=1S/C16H13BrN2O6/c1-15-4-5-16(7-20,25-15)12-11(15)13(21)18(14(12)22)9-3-2-8(17)6-10(9)19(23)24/h2-6,11-12,20H,7H2,1H3/t11-,12+,15+,16+/m1/s1. The van der Waals surface area contributed by atoms with Crippen molar-refractivity contribution >= 4 is 39.1 Å². The summed E-state index contributed by atoms with van der Waals surface area (Å²) in [4.78, 5) is 37.6. The molecular formula is C16H13BrN2O6. The highest BCUT2D eigenvalue weighted by Gasteiger charge is 2.72. The predicted molar refractivity (Wildman–Crippen MR) is 88.7 cm³/mol. The minimum atomic E-state index is -1.26. The van der Waals surface area contributed by atoms with Gasteiger partial charge in [-0.3, -0.25) is 19.7 Å². The largest absolute Gasteiger partial charge is 0.393 e. The number of nitro groups is 1. The number of benzene rings is 1. The monoisotopic (exact) mass is 408 g/mol. The molecule has 2 fully saturated rings. The Balaban J connectivity index is 1.85. The minimum Gasteiger partial charge on any atom is -0.393 e. The van der Waals surface area contributed by atoms with Crippen molar-refractivity contribution in [1.29, 1.82) is 0 Å². The molecule has 2 saturated heterocycles. The Morgan fingerprint density at radius 1 is 1.32 bits per heavy atom. The number of amides is 2. The van der Waals surface area contributed by atoms with E-state index in [0.29, 0.717) is 4.47 Å². The zero-order valence-electron chi connectivity index (χ0n) is 13.0. The first-order valence-corrected chi connectivity index (χ1v) is 8.36. The Hall–Kier alpha value is -2.10. The van der Waals surface area contributed by atoms with E-state index in [1.807, 2.05) is 0 Å². The maximum atomic E-state index is 13.0. The highest BCUT2D eigenvalue weighted by molar-refractivity contribution is 9.10. The molecule has 0 spiro atoms. The van der Waals surface area contributed by atoms with Crippen LogP contribution in [0.2, 0.25) is 0 Å². The lowest BCUT2D eigenvalue weighted by Crippen LogP contribution is -2.43. The third-order valence-corrected chi connectivity index (χ3v) is 5.67. The van der Waals surface area contributed by atoms with Crippen molar-refractivity contribution in [2.45, 2.75) is 18.1 Å². The molecule has 1 aromatic rings. The third kappa shape index (κ3) is 1.94. The molecule has 3 heterocycles. The number of nitrogens with zero attached hydrogens (tertiary/aromatic N) is 2. The number of aliphatic hydroxyl groups is 1. The van der Waals surface area contributed by atoms with E-state index in [2.05, 4.69) is 15.9 Å². The molecule has 9 heteroatoms. The van der Waals surface area contributed by atoms with Gasteiger partial charge in [0.1, 0.15) is 11.3 Å². The molecule has 2 bridgehead atoms. The van der Waals surface area contributed by atoms with Gasteiger partial charge >= 0.3 is 0 Å². The fraction of sp³-hybridized carbons (Fsp3) is 0.375. The summed E-state index contributed by atoms with van der Waals surface area (Å²) in [6, 6.07) is 4.14. The SMILES string of the molecule is C[C@@]12C=C[C@@](CO)(O1)[C@@H]1C(=O)N(c3ccc(Br)cc3[N+](=O)[O-])C(=O)[C@@H]12. The van der Waals surface area contributed by atoms with Crippen molar-refractivity contribution in [3.63, 3.8) is 0 Å². The number of carbonyl (C=O) groups is 2. The van der Waals surface area contributed by atoms with Gasteiger partial charge in [0.25, 0.3) is 5.69 Å². The van der Waals surface area contributed by atoms with E-state index in [1.165, 1.54) is 18.2 Å². The lowest BCUT2D eigenvalue weighted by atomic mass is 9.73. The van der Waals surface area contributed by atoms with Gasteiger partial charge in [0, 0.05) is 10.5 Å². The summed E-state index contributed by atoms with van der Waals surface area (Å²) in [7, 11) is 0. The molecule has 1 aromatic carbocycles. The molecule has 130 valence electrons. The van der Waals surface area contributed by atoms with E-state index in [1.54, 1.807) is 19.1 Å². The van der Waals surface area contributed by atoms with Crippen LogP contribution in [-0.2, 0) is 14.3 Å². The third-order valence-electron chi connectivity index (χ3n) is 5.18. The molecule has 0 radical (unpaired) electrons. The maximum absolute atomic E-state index is 13.0. The summed E-state index contributed by atoms with van der Waals surface area (Å²) in [6.45, 7) is 1.23. The van der Waals surface area contributed by atoms with Crippen LogP contribution in [0.3, 0.4) is 0 Å². The maximum Gasteiger partial charge on any atom is 0.294 e. The van der Waals surface area contributed by atoms with Gasteiger partial charge in [-0.15, -0.1) is 0 Å². The second kappa shape index (κ2) is 4.96. The summed E-state index contributed by atoms with van der Waals surface area (Å²) in [6.07, 6.45) is 3.29. The molecule has 0 saturated carbocycles. The number of carbonyl (C=O) groups excluding carboxylic acids is 2. The van der Waals surface area contributed by atoms with Crippen molar-refractivity contribution in [1.82, 2.24) is 0 Å². The highest BCUT2D eigenvalue weighted by atomic mass is 79.9. The molecule has 4 rings (SSSR count). The van der Waals surface area contributed by atoms with Crippen LogP contribution in [0, 0.1) is 22.0 Å². The molecule has 1 N–H and O–H groups in total.